The topological polar surface area (TPSA) is 83.6 Å². The molecule has 0 bridgehead atoms. The summed E-state index contributed by atoms with van der Waals surface area (Å²) in [5, 5.41) is 19.7. The summed E-state index contributed by atoms with van der Waals surface area (Å²) < 4.78 is 2.00. The first kappa shape index (κ1) is 15.0. The van der Waals surface area contributed by atoms with Gasteiger partial charge in [-0.15, -0.1) is 10.2 Å². The molecule has 0 unspecified atom stereocenters. The number of amides is 1. The molecule has 1 fully saturated rings. The number of hydrogen-bond acceptors (Lipinski definition) is 4. The molecule has 0 aliphatic heterocycles. The maximum Gasteiger partial charge on any atom is 0.244 e. The molecular weight excluding hydrogens is 290 g/mol. The Morgan fingerprint density at radius 2 is 2.35 bits per heavy atom. The van der Waals surface area contributed by atoms with Gasteiger partial charge in [-0.05, 0) is 36.6 Å². The summed E-state index contributed by atoms with van der Waals surface area (Å²) in [6, 6.07) is 9.19. The third-order valence-electron chi connectivity index (χ3n) is 3.68. The van der Waals surface area contributed by atoms with E-state index >= 15 is 0 Å². The number of nitrogens with zero attached hydrogens (tertiary/aromatic N) is 4. The van der Waals surface area contributed by atoms with E-state index in [4.69, 9.17) is 5.26 Å². The van der Waals surface area contributed by atoms with Gasteiger partial charge in [-0.1, -0.05) is 12.1 Å². The minimum Gasteiger partial charge on any atom is -0.351 e. The van der Waals surface area contributed by atoms with Crippen LogP contribution in [0.4, 0.5) is 0 Å². The van der Waals surface area contributed by atoms with Gasteiger partial charge in [-0.25, -0.2) is 0 Å². The average molecular weight is 307 g/mol. The molecule has 1 N–H and O–H groups in total. The summed E-state index contributed by atoms with van der Waals surface area (Å²) in [5.41, 5.74) is 1.40. The predicted molar refractivity (Wildman–Crippen MR) is 85.2 cm³/mol. The molecule has 0 spiro atoms. The van der Waals surface area contributed by atoms with Crippen molar-refractivity contribution < 1.29 is 4.79 Å². The molecular formula is C17H17N5O. The minimum absolute atomic E-state index is 0.159. The van der Waals surface area contributed by atoms with Gasteiger partial charge in [0, 0.05) is 25.1 Å². The fraction of sp³-hybridized carbons (Fsp3) is 0.294. The predicted octanol–water partition coefficient (Wildman–Crippen LogP) is 1.86. The van der Waals surface area contributed by atoms with Gasteiger partial charge >= 0.3 is 0 Å². The van der Waals surface area contributed by atoms with E-state index in [-0.39, 0.29) is 5.91 Å². The molecule has 2 aromatic rings. The Balaban J connectivity index is 1.48. The Labute approximate surface area is 134 Å². The van der Waals surface area contributed by atoms with Crippen molar-refractivity contribution in [1.29, 1.82) is 5.26 Å². The second-order valence-electron chi connectivity index (χ2n) is 5.52. The van der Waals surface area contributed by atoms with Crippen LogP contribution < -0.4 is 5.32 Å². The maximum absolute atomic E-state index is 11.8. The second-order valence-corrected chi connectivity index (χ2v) is 5.52. The molecule has 1 aromatic heterocycles. The fourth-order valence-corrected chi connectivity index (χ4v) is 2.34. The lowest BCUT2D eigenvalue weighted by Crippen LogP contribution is -2.25. The summed E-state index contributed by atoms with van der Waals surface area (Å²) in [6.45, 7) is 1.20. The Morgan fingerprint density at radius 3 is 3.13 bits per heavy atom. The van der Waals surface area contributed by atoms with Crippen molar-refractivity contribution >= 4 is 12.0 Å². The highest BCUT2D eigenvalue weighted by atomic mass is 16.1. The number of carbonyl (C=O) groups excluding carboxylic acids is 1. The zero-order chi connectivity index (χ0) is 16.1. The lowest BCUT2D eigenvalue weighted by molar-refractivity contribution is -0.116. The molecule has 3 rings (SSSR count). The number of benzene rings is 1. The standard InChI is InChI=1S/C17H17N5O/c18-11-14-3-1-2-13(10-14)4-7-16(23)19-8-9-22-12-20-21-17(22)15-5-6-15/h1-4,7,10,12,15H,5-6,8-9H2,(H,19,23)/b7-4-. The molecule has 1 heterocycles. The molecule has 0 radical (unpaired) electrons. The smallest absolute Gasteiger partial charge is 0.244 e. The average Bonchev–Trinajstić information content (AvgIpc) is 3.32. The summed E-state index contributed by atoms with van der Waals surface area (Å²) in [7, 11) is 0. The van der Waals surface area contributed by atoms with Gasteiger partial charge in [-0.2, -0.15) is 5.26 Å². The normalized spacial score (nSPS) is 13.9. The van der Waals surface area contributed by atoms with E-state index in [0.29, 0.717) is 24.6 Å². The van der Waals surface area contributed by atoms with Crippen LogP contribution in [-0.4, -0.2) is 27.2 Å². The lowest BCUT2D eigenvalue weighted by Gasteiger charge is -2.06. The number of carbonyl (C=O) groups is 1. The Bertz CT molecular complexity index is 767. The van der Waals surface area contributed by atoms with Gasteiger partial charge in [0.15, 0.2) is 0 Å². The van der Waals surface area contributed by atoms with Crippen LogP contribution >= 0.6 is 0 Å². The first-order valence-corrected chi connectivity index (χ1v) is 7.60. The second kappa shape index (κ2) is 6.88. The Hall–Kier alpha value is -2.94. The molecule has 6 heteroatoms. The van der Waals surface area contributed by atoms with Crippen molar-refractivity contribution in [3.8, 4) is 6.07 Å². The molecule has 1 amide bonds. The van der Waals surface area contributed by atoms with E-state index in [2.05, 4.69) is 21.6 Å². The van der Waals surface area contributed by atoms with Gasteiger partial charge in [0.2, 0.25) is 5.91 Å². The molecule has 23 heavy (non-hydrogen) atoms. The monoisotopic (exact) mass is 307 g/mol. The lowest BCUT2D eigenvalue weighted by atomic mass is 10.1. The van der Waals surface area contributed by atoms with E-state index in [1.165, 1.54) is 18.9 Å². The van der Waals surface area contributed by atoms with Crippen molar-refractivity contribution in [2.75, 3.05) is 6.54 Å². The summed E-state index contributed by atoms with van der Waals surface area (Å²) in [6.07, 6.45) is 7.24. The van der Waals surface area contributed by atoms with E-state index in [1.807, 2.05) is 10.6 Å². The zero-order valence-corrected chi connectivity index (χ0v) is 12.6. The van der Waals surface area contributed by atoms with Crippen molar-refractivity contribution in [3.63, 3.8) is 0 Å². The number of nitriles is 1. The van der Waals surface area contributed by atoms with E-state index in [1.54, 1.807) is 30.6 Å². The minimum atomic E-state index is -0.159. The first-order chi connectivity index (χ1) is 11.3. The van der Waals surface area contributed by atoms with Crippen LogP contribution in [0.3, 0.4) is 0 Å². The highest BCUT2D eigenvalue weighted by molar-refractivity contribution is 5.91. The summed E-state index contributed by atoms with van der Waals surface area (Å²) in [4.78, 5) is 11.8. The molecule has 1 aromatic carbocycles. The van der Waals surface area contributed by atoms with Crippen LogP contribution in [0.2, 0.25) is 0 Å². The van der Waals surface area contributed by atoms with Gasteiger partial charge in [0.25, 0.3) is 0 Å². The maximum atomic E-state index is 11.8. The van der Waals surface area contributed by atoms with Crippen LogP contribution in [0.5, 0.6) is 0 Å². The summed E-state index contributed by atoms with van der Waals surface area (Å²) in [5.74, 6) is 1.40. The highest BCUT2D eigenvalue weighted by Crippen LogP contribution is 2.38. The van der Waals surface area contributed by atoms with Gasteiger partial charge in [0.05, 0.1) is 11.6 Å². The van der Waals surface area contributed by atoms with E-state index in [9.17, 15) is 4.79 Å². The number of rotatable bonds is 6. The molecule has 1 aliphatic carbocycles. The zero-order valence-electron chi connectivity index (χ0n) is 12.6. The van der Waals surface area contributed by atoms with Crippen LogP contribution in [-0.2, 0) is 11.3 Å². The summed E-state index contributed by atoms with van der Waals surface area (Å²) >= 11 is 0. The van der Waals surface area contributed by atoms with Gasteiger partial charge < -0.3 is 9.88 Å². The van der Waals surface area contributed by atoms with Crippen molar-refractivity contribution in [1.82, 2.24) is 20.1 Å². The molecule has 6 nitrogen and oxygen atoms in total. The van der Waals surface area contributed by atoms with Crippen LogP contribution in [0.15, 0.2) is 36.7 Å². The third kappa shape index (κ3) is 4.04. The van der Waals surface area contributed by atoms with E-state index in [0.717, 1.165) is 11.4 Å². The van der Waals surface area contributed by atoms with Crippen LogP contribution in [0, 0.1) is 11.3 Å². The quantitative estimate of drug-likeness (QED) is 0.826. The van der Waals surface area contributed by atoms with Gasteiger partial charge in [-0.3, -0.25) is 4.79 Å². The SMILES string of the molecule is N#Cc1cccc(/C=C\C(=O)NCCn2cnnc2C2CC2)c1. The van der Waals surface area contributed by atoms with Crippen molar-refractivity contribution in [2.45, 2.75) is 25.3 Å². The van der Waals surface area contributed by atoms with Gasteiger partial charge in [0.1, 0.15) is 12.2 Å². The highest BCUT2D eigenvalue weighted by Gasteiger charge is 2.28. The van der Waals surface area contributed by atoms with E-state index < -0.39 is 0 Å². The molecule has 1 aliphatic rings. The Kier molecular flexibility index (Phi) is 4.48. The number of nitrogens with one attached hydrogen (secondary N) is 1. The molecule has 0 atom stereocenters. The van der Waals surface area contributed by atoms with Crippen molar-refractivity contribution in [2.24, 2.45) is 0 Å². The van der Waals surface area contributed by atoms with Crippen LogP contribution in [0.1, 0.15) is 35.7 Å². The molecule has 0 saturated heterocycles. The largest absolute Gasteiger partial charge is 0.351 e. The first-order valence-electron chi connectivity index (χ1n) is 7.60. The molecule has 116 valence electrons. The third-order valence-corrected chi connectivity index (χ3v) is 3.68. The Morgan fingerprint density at radius 1 is 1.48 bits per heavy atom. The van der Waals surface area contributed by atoms with Crippen molar-refractivity contribution in [3.05, 3.63) is 53.6 Å². The molecule has 1 saturated carbocycles. The number of aromatic nitrogens is 3. The fourth-order valence-electron chi connectivity index (χ4n) is 2.34. The van der Waals surface area contributed by atoms with Crippen LogP contribution in [0.25, 0.3) is 6.08 Å². The number of hydrogen-bond donors (Lipinski definition) is 1.